The molecule has 0 aliphatic carbocycles. The van der Waals surface area contributed by atoms with Crippen LogP contribution in [0.4, 0.5) is 4.39 Å². The Bertz CT molecular complexity index is 574. The molecule has 0 atom stereocenters. The van der Waals surface area contributed by atoms with E-state index in [0.29, 0.717) is 6.54 Å². The molecule has 2 aromatic rings. The summed E-state index contributed by atoms with van der Waals surface area (Å²) in [6, 6.07) is 6.71. The highest BCUT2D eigenvalue weighted by Crippen LogP contribution is 2.19. The summed E-state index contributed by atoms with van der Waals surface area (Å²) in [5, 5.41) is 7.93. The quantitative estimate of drug-likeness (QED) is 0.877. The Morgan fingerprint density at radius 1 is 1.44 bits per heavy atom. The molecule has 0 radical (unpaired) electrons. The number of aryl methyl sites for hydroxylation is 1. The van der Waals surface area contributed by atoms with Gasteiger partial charge in [0.25, 0.3) is 0 Å². The van der Waals surface area contributed by atoms with Crippen molar-refractivity contribution >= 4 is 0 Å². The fraction of sp³-hybridized carbons (Fsp3) is 0.357. The Kier molecular flexibility index (Phi) is 2.88. The second kappa shape index (κ2) is 4.53. The smallest absolute Gasteiger partial charge is 0.123 e. The third-order valence-electron chi connectivity index (χ3n) is 3.43. The van der Waals surface area contributed by atoms with E-state index in [4.69, 9.17) is 0 Å². The number of halogens is 1. The minimum Gasteiger partial charge on any atom is -0.311 e. The van der Waals surface area contributed by atoms with Crippen molar-refractivity contribution in [3.8, 4) is 0 Å². The van der Waals surface area contributed by atoms with Gasteiger partial charge in [-0.2, -0.15) is 5.10 Å². The molecular formula is C14H16FN3. The van der Waals surface area contributed by atoms with E-state index in [0.717, 1.165) is 30.8 Å². The summed E-state index contributed by atoms with van der Waals surface area (Å²) < 4.78 is 15.2. The third kappa shape index (κ3) is 2.04. The number of rotatable bonds is 2. The molecule has 0 fully saturated rings. The van der Waals surface area contributed by atoms with Crippen LogP contribution in [-0.2, 0) is 19.5 Å². The van der Waals surface area contributed by atoms with Crippen molar-refractivity contribution in [3.63, 3.8) is 0 Å². The van der Waals surface area contributed by atoms with Crippen LogP contribution in [0.15, 0.2) is 24.3 Å². The molecule has 0 saturated carbocycles. The van der Waals surface area contributed by atoms with Crippen molar-refractivity contribution < 1.29 is 4.39 Å². The van der Waals surface area contributed by atoms with Crippen LogP contribution in [0.1, 0.15) is 22.5 Å². The van der Waals surface area contributed by atoms with Crippen molar-refractivity contribution in [2.75, 3.05) is 6.54 Å². The Hall–Kier alpha value is -1.68. The summed E-state index contributed by atoms with van der Waals surface area (Å²) in [5.74, 6) is -0.191. The van der Waals surface area contributed by atoms with E-state index < -0.39 is 0 Å². The molecule has 1 N–H and O–H groups in total. The Balaban J connectivity index is 1.93. The van der Waals surface area contributed by atoms with Crippen molar-refractivity contribution in [2.45, 2.75) is 26.4 Å². The first kappa shape index (κ1) is 11.4. The van der Waals surface area contributed by atoms with Crippen LogP contribution >= 0.6 is 0 Å². The number of nitrogens with one attached hydrogen (secondary N) is 1. The molecule has 18 heavy (non-hydrogen) atoms. The zero-order valence-corrected chi connectivity index (χ0v) is 10.4. The lowest BCUT2D eigenvalue weighted by molar-refractivity contribution is 0.567. The summed E-state index contributed by atoms with van der Waals surface area (Å²) >= 11 is 0. The van der Waals surface area contributed by atoms with E-state index in [1.807, 2.05) is 17.7 Å². The summed E-state index contributed by atoms with van der Waals surface area (Å²) in [6.45, 7) is 4.55. The molecule has 1 aliphatic rings. The molecule has 4 heteroatoms. The highest BCUT2D eigenvalue weighted by Gasteiger charge is 2.18. The van der Waals surface area contributed by atoms with E-state index in [2.05, 4.69) is 10.4 Å². The maximum absolute atomic E-state index is 13.2. The number of hydrogen-bond acceptors (Lipinski definition) is 2. The number of hydrogen-bond donors (Lipinski definition) is 1. The molecule has 1 aromatic carbocycles. The maximum Gasteiger partial charge on any atom is 0.123 e. The van der Waals surface area contributed by atoms with Gasteiger partial charge in [0.05, 0.1) is 17.9 Å². The Morgan fingerprint density at radius 3 is 3.17 bits per heavy atom. The second-order valence-electron chi connectivity index (χ2n) is 4.73. The molecule has 0 spiro atoms. The largest absolute Gasteiger partial charge is 0.311 e. The zero-order valence-electron chi connectivity index (χ0n) is 10.4. The summed E-state index contributed by atoms with van der Waals surface area (Å²) in [7, 11) is 0. The lowest BCUT2D eigenvalue weighted by atomic mass is 10.1. The molecule has 3 rings (SSSR count). The van der Waals surface area contributed by atoms with Gasteiger partial charge in [-0.3, -0.25) is 4.68 Å². The fourth-order valence-corrected chi connectivity index (χ4v) is 2.55. The minimum atomic E-state index is -0.191. The molecule has 1 aliphatic heterocycles. The van der Waals surface area contributed by atoms with Crippen LogP contribution in [0.2, 0.25) is 0 Å². The van der Waals surface area contributed by atoms with E-state index in [1.54, 1.807) is 12.1 Å². The standard InChI is InChI=1S/C14H16FN3/c1-10-13-5-6-16-8-14(13)18(17-10)9-11-3-2-4-12(15)7-11/h2-4,7,16H,5-6,8-9H2,1H3. The van der Waals surface area contributed by atoms with Crippen LogP contribution in [0.5, 0.6) is 0 Å². The molecule has 0 amide bonds. The zero-order chi connectivity index (χ0) is 12.5. The molecule has 0 saturated heterocycles. The van der Waals surface area contributed by atoms with E-state index in [9.17, 15) is 4.39 Å². The first-order valence-electron chi connectivity index (χ1n) is 6.24. The molecule has 2 heterocycles. The maximum atomic E-state index is 13.2. The van der Waals surface area contributed by atoms with Crippen LogP contribution in [0, 0.1) is 12.7 Å². The van der Waals surface area contributed by atoms with E-state index in [-0.39, 0.29) is 5.82 Å². The predicted molar refractivity (Wildman–Crippen MR) is 67.9 cm³/mol. The molecule has 0 unspecified atom stereocenters. The second-order valence-corrected chi connectivity index (χ2v) is 4.73. The average molecular weight is 245 g/mol. The Labute approximate surface area is 106 Å². The topological polar surface area (TPSA) is 29.9 Å². The van der Waals surface area contributed by atoms with Gasteiger partial charge in [-0.25, -0.2) is 4.39 Å². The fourth-order valence-electron chi connectivity index (χ4n) is 2.55. The van der Waals surface area contributed by atoms with Gasteiger partial charge in [-0.15, -0.1) is 0 Å². The number of benzene rings is 1. The normalized spacial score (nSPS) is 14.6. The summed E-state index contributed by atoms with van der Waals surface area (Å²) in [6.07, 6.45) is 1.03. The lowest BCUT2D eigenvalue weighted by Gasteiger charge is -2.15. The van der Waals surface area contributed by atoms with Gasteiger partial charge in [0.2, 0.25) is 0 Å². The van der Waals surface area contributed by atoms with Crippen LogP contribution in [0.25, 0.3) is 0 Å². The van der Waals surface area contributed by atoms with Crippen LogP contribution in [0.3, 0.4) is 0 Å². The van der Waals surface area contributed by atoms with Gasteiger partial charge < -0.3 is 5.32 Å². The monoisotopic (exact) mass is 245 g/mol. The number of nitrogens with zero attached hydrogens (tertiary/aromatic N) is 2. The highest BCUT2D eigenvalue weighted by molar-refractivity contribution is 5.29. The van der Waals surface area contributed by atoms with Crippen LogP contribution < -0.4 is 5.32 Å². The minimum absolute atomic E-state index is 0.191. The highest BCUT2D eigenvalue weighted by atomic mass is 19.1. The van der Waals surface area contributed by atoms with Gasteiger partial charge in [0, 0.05) is 6.54 Å². The van der Waals surface area contributed by atoms with Gasteiger partial charge in [0.1, 0.15) is 5.82 Å². The first-order chi connectivity index (χ1) is 8.74. The molecular weight excluding hydrogens is 229 g/mol. The van der Waals surface area contributed by atoms with Crippen molar-refractivity contribution in [1.29, 1.82) is 0 Å². The summed E-state index contributed by atoms with van der Waals surface area (Å²) in [4.78, 5) is 0. The number of aromatic nitrogens is 2. The molecule has 0 bridgehead atoms. The van der Waals surface area contributed by atoms with E-state index in [1.165, 1.54) is 17.3 Å². The van der Waals surface area contributed by atoms with Crippen molar-refractivity contribution in [1.82, 2.24) is 15.1 Å². The first-order valence-corrected chi connectivity index (χ1v) is 6.24. The van der Waals surface area contributed by atoms with Crippen LogP contribution in [-0.4, -0.2) is 16.3 Å². The van der Waals surface area contributed by atoms with Gasteiger partial charge in [-0.05, 0) is 43.1 Å². The molecule has 94 valence electrons. The van der Waals surface area contributed by atoms with E-state index >= 15 is 0 Å². The lowest BCUT2D eigenvalue weighted by Crippen LogP contribution is -2.25. The average Bonchev–Trinajstić information content (AvgIpc) is 2.67. The van der Waals surface area contributed by atoms with Crippen molar-refractivity contribution in [2.24, 2.45) is 0 Å². The van der Waals surface area contributed by atoms with Gasteiger partial charge in [-0.1, -0.05) is 12.1 Å². The van der Waals surface area contributed by atoms with Crippen molar-refractivity contribution in [3.05, 3.63) is 52.6 Å². The Morgan fingerprint density at radius 2 is 2.33 bits per heavy atom. The summed E-state index contributed by atoms with van der Waals surface area (Å²) in [5.41, 5.74) is 4.64. The molecule has 3 nitrogen and oxygen atoms in total. The van der Waals surface area contributed by atoms with Gasteiger partial charge >= 0.3 is 0 Å². The molecule has 1 aromatic heterocycles. The predicted octanol–water partition coefficient (Wildman–Crippen LogP) is 2.02. The number of fused-ring (bicyclic) bond motifs is 1. The SMILES string of the molecule is Cc1nn(Cc2cccc(F)c2)c2c1CCNC2. The van der Waals surface area contributed by atoms with Gasteiger partial charge in [0.15, 0.2) is 0 Å². The third-order valence-corrected chi connectivity index (χ3v) is 3.43.